The molecule has 8 heteroatoms. The second-order valence-corrected chi connectivity index (χ2v) is 7.50. The van der Waals surface area contributed by atoms with E-state index in [0.29, 0.717) is 23.7 Å². The maximum absolute atomic E-state index is 14.1. The lowest BCUT2D eigenvalue weighted by molar-refractivity contribution is 0.328. The van der Waals surface area contributed by atoms with Gasteiger partial charge in [-0.3, -0.25) is 0 Å². The van der Waals surface area contributed by atoms with Gasteiger partial charge in [0.05, 0.1) is 29.2 Å². The van der Waals surface area contributed by atoms with E-state index in [4.69, 9.17) is 14.8 Å². The highest BCUT2D eigenvalue weighted by atomic mass is 19.1. The van der Waals surface area contributed by atoms with Gasteiger partial charge in [0.2, 0.25) is 11.8 Å². The number of aromatic nitrogens is 5. The van der Waals surface area contributed by atoms with Crippen LogP contribution in [0, 0.1) is 12.9 Å². The average Bonchev–Trinajstić information content (AvgIpc) is 3.11. The molecule has 0 aliphatic carbocycles. The number of pyridine rings is 2. The third-order valence-corrected chi connectivity index (χ3v) is 4.97. The molecule has 0 unspecified atom stereocenters. The van der Waals surface area contributed by atoms with Crippen LogP contribution in [0.2, 0.25) is 0 Å². The minimum Gasteiger partial charge on any atom is -0.477 e. The molecule has 31 heavy (non-hydrogen) atoms. The van der Waals surface area contributed by atoms with Gasteiger partial charge < -0.3 is 10.1 Å². The molecule has 0 amide bonds. The summed E-state index contributed by atoms with van der Waals surface area (Å²) in [6.07, 6.45) is 3.13. The van der Waals surface area contributed by atoms with Gasteiger partial charge in [-0.05, 0) is 44.0 Å². The maximum atomic E-state index is 14.1. The summed E-state index contributed by atoms with van der Waals surface area (Å²) in [4.78, 5) is 12.8. The number of rotatable bonds is 7. The zero-order chi connectivity index (χ0) is 22.0. The van der Waals surface area contributed by atoms with Crippen LogP contribution in [0.1, 0.15) is 43.8 Å². The fraction of sp³-hybridized carbons (Fsp3) is 0.304. The minimum absolute atomic E-state index is 0.199. The molecule has 0 aliphatic heterocycles. The Balaban J connectivity index is 1.87. The molecule has 0 saturated carbocycles. The molecule has 0 bridgehead atoms. The standard InChI is InChI=1S/C23H25FN6O/c1-5-31-23-17(9-7-11-26-23)18-12-19(27-13-16-8-6-10-25-22(16)24)21-20(14(2)3)28-15(4)30(21)29-18/h6-12,14,27H,5,13H2,1-4H3. The number of aryl methyl sites for hydroxylation is 1. The lowest BCUT2D eigenvalue weighted by Gasteiger charge is -2.14. The van der Waals surface area contributed by atoms with Gasteiger partial charge in [0.25, 0.3) is 0 Å². The van der Waals surface area contributed by atoms with Crippen molar-refractivity contribution >= 4 is 11.2 Å². The smallest absolute Gasteiger partial charge is 0.222 e. The third-order valence-electron chi connectivity index (χ3n) is 4.97. The number of nitrogens with one attached hydrogen (secondary N) is 1. The molecule has 0 saturated heterocycles. The number of hydrogen-bond acceptors (Lipinski definition) is 6. The number of fused-ring (bicyclic) bond motifs is 1. The highest BCUT2D eigenvalue weighted by molar-refractivity contribution is 5.80. The van der Waals surface area contributed by atoms with Gasteiger partial charge in [0.15, 0.2) is 0 Å². The van der Waals surface area contributed by atoms with Crippen molar-refractivity contribution < 1.29 is 9.13 Å². The molecule has 4 aromatic heterocycles. The Labute approximate surface area is 180 Å². The predicted molar refractivity (Wildman–Crippen MR) is 118 cm³/mol. The predicted octanol–water partition coefficient (Wildman–Crippen LogP) is 4.77. The van der Waals surface area contributed by atoms with Gasteiger partial charge in [0, 0.05) is 24.5 Å². The topological polar surface area (TPSA) is 77.2 Å². The summed E-state index contributed by atoms with van der Waals surface area (Å²) in [6, 6.07) is 9.15. The molecule has 0 aliphatic rings. The van der Waals surface area contributed by atoms with Gasteiger partial charge in [-0.15, -0.1) is 0 Å². The fourth-order valence-corrected chi connectivity index (χ4v) is 3.51. The average molecular weight is 420 g/mol. The molecular formula is C23H25FN6O. The molecule has 4 aromatic rings. The van der Waals surface area contributed by atoms with Gasteiger partial charge in [-0.2, -0.15) is 9.49 Å². The number of imidazole rings is 1. The van der Waals surface area contributed by atoms with E-state index in [-0.39, 0.29) is 12.5 Å². The Morgan fingerprint density at radius 1 is 1.16 bits per heavy atom. The molecule has 4 heterocycles. The number of nitrogens with zero attached hydrogens (tertiary/aromatic N) is 5. The van der Waals surface area contributed by atoms with Crippen LogP contribution < -0.4 is 10.1 Å². The van der Waals surface area contributed by atoms with E-state index >= 15 is 0 Å². The van der Waals surface area contributed by atoms with E-state index in [1.54, 1.807) is 18.3 Å². The number of hydrogen-bond donors (Lipinski definition) is 1. The SMILES string of the molecule is CCOc1ncccc1-c1cc(NCc2cccnc2F)c2c(C(C)C)nc(C)n2n1. The van der Waals surface area contributed by atoms with E-state index in [1.807, 2.05) is 36.6 Å². The highest BCUT2D eigenvalue weighted by Crippen LogP contribution is 2.33. The quantitative estimate of drug-likeness (QED) is 0.434. The summed E-state index contributed by atoms with van der Waals surface area (Å²) in [7, 11) is 0. The molecule has 4 rings (SSSR count). The van der Waals surface area contributed by atoms with E-state index in [1.165, 1.54) is 6.20 Å². The molecule has 7 nitrogen and oxygen atoms in total. The van der Waals surface area contributed by atoms with Crippen LogP contribution in [0.4, 0.5) is 10.1 Å². The summed E-state index contributed by atoms with van der Waals surface area (Å²) >= 11 is 0. The van der Waals surface area contributed by atoms with Crippen molar-refractivity contribution in [3.63, 3.8) is 0 Å². The van der Waals surface area contributed by atoms with Crippen LogP contribution in [0.15, 0.2) is 42.7 Å². The summed E-state index contributed by atoms with van der Waals surface area (Å²) in [5, 5.41) is 8.20. The van der Waals surface area contributed by atoms with Crippen molar-refractivity contribution in [1.82, 2.24) is 24.6 Å². The normalized spacial score (nSPS) is 11.3. The summed E-state index contributed by atoms with van der Waals surface area (Å²) in [5.41, 5.74) is 4.57. The summed E-state index contributed by atoms with van der Waals surface area (Å²) in [5.74, 6) is 1.00. The zero-order valence-electron chi connectivity index (χ0n) is 18.1. The van der Waals surface area contributed by atoms with E-state index in [0.717, 1.165) is 28.3 Å². The van der Waals surface area contributed by atoms with Crippen LogP contribution in [0.25, 0.3) is 16.8 Å². The van der Waals surface area contributed by atoms with Crippen LogP contribution in [0.3, 0.4) is 0 Å². The monoisotopic (exact) mass is 420 g/mol. The summed E-state index contributed by atoms with van der Waals surface area (Å²) < 4.78 is 21.6. The highest BCUT2D eigenvalue weighted by Gasteiger charge is 2.20. The van der Waals surface area contributed by atoms with E-state index in [9.17, 15) is 4.39 Å². The van der Waals surface area contributed by atoms with Crippen LogP contribution in [-0.4, -0.2) is 31.2 Å². The van der Waals surface area contributed by atoms with Gasteiger partial charge in [-0.1, -0.05) is 19.9 Å². The Morgan fingerprint density at radius 3 is 2.68 bits per heavy atom. The van der Waals surface area contributed by atoms with Gasteiger partial charge >= 0.3 is 0 Å². The van der Waals surface area contributed by atoms with Crippen LogP contribution >= 0.6 is 0 Å². The van der Waals surface area contributed by atoms with Crippen molar-refractivity contribution in [1.29, 1.82) is 0 Å². The number of anilines is 1. The van der Waals surface area contributed by atoms with Crippen molar-refractivity contribution in [3.8, 4) is 17.1 Å². The molecule has 0 aromatic carbocycles. The number of ether oxygens (including phenoxy) is 1. The van der Waals surface area contributed by atoms with E-state index in [2.05, 4.69) is 29.1 Å². The molecular weight excluding hydrogens is 395 g/mol. The molecule has 160 valence electrons. The number of halogens is 1. The Bertz CT molecular complexity index is 1220. The molecule has 1 N–H and O–H groups in total. The van der Waals surface area contributed by atoms with Crippen molar-refractivity contribution in [2.45, 2.75) is 40.2 Å². The summed E-state index contributed by atoms with van der Waals surface area (Å²) in [6.45, 7) is 8.81. The maximum Gasteiger partial charge on any atom is 0.222 e. The Hall–Kier alpha value is -3.55. The Morgan fingerprint density at radius 2 is 1.94 bits per heavy atom. The largest absolute Gasteiger partial charge is 0.477 e. The zero-order valence-corrected chi connectivity index (χ0v) is 18.1. The molecule has 0 spiro atoms. The van der Waals surface area contributed by atoms with Crippen molar-refractivity contribution in [2.24, 2.45) is 0 Å². The second-order valence-electron chi connectivity index (χ2n) is 7.50. The minimum atomic E-state index is -0.486. The third kappa shape index (κ3) is 4.05. The van der Waals surface area contributed by atoms with Gasteiger partial charge in [0.1, 0.15) is 11.3 Å². The van der Waals surface area contributed by atoms with Crippen molar-refractivity contribution in [3.05, 3.63) is 65.8 Å². The van der Waals surface area contributed by atoms with Crippen LogP contribution in [-0.2, 0) is 6.54 Å². The first kappa shape index (κ1) is 20.7. The van der Waals surface area contributed by atoms with Crippen molar-refractivity contribution in [2.75, 3.05) is 11.9 Å². The van der Waals surface area contributed by atoms with E-state index < -0.39 is 5.95 Å². The molecule has 0 radical (unpaired) electrons. The molecule has 0 fully saturated rings. The van der Waals surface area contributed by atoms with Crippen LogP contribution in [0.5, 0.6) is 5.88 Å². The fourth-order valence-electron chi connectivity index (χ4n) is 3.51. The lowest BCUT2D eigenvalue weighted by atomic mass is 10.1. The first-order valence-electron chi connectivity index (χ1n) is 10.3. The first-order valence-corrected chi connectivity index (χ1v) is 10.3. The first-order chi connectivity index (χ1) is 15.0. The second kappa shape index (κ2) is 8.67. The lowest BCUT2D eigenvalue weighted by Crippen LogP contribution is -2.08. The van der Waals surface area contributed by atoms with Gasteiger partial charge in [-0.25, -0.2) is 19.5 Å². The molecule has 0 atom stereocenters. The Kier molecular flexibility index (Phi) is 5.79.